The Labute approximate surface area is 355 Å². The molecule has 0 aliphatic carbocycles. The summed E-state index contributed by atoms with van der Waals surface area (Å²) in [6.45, 7) is 8.99. The molecule has 57 heavy (non-hydrogen) atoms. The average Bonchev–Trinajstić information content (AvgIpc) is 3.21. The van der Waals surface area contributed by atoms with E-state index >= 15 is 0 Å². The second kappa shape index (κ2) is 45.5. The average molecular weight is 807 g/mol. The maximum atomic E-state index is 12.6. The van der Waals surface area contributed by atoms with Crippen molar-refractivity contribution in [3.63, 3.8) is 0 Å². The molecule has 0 amide bonds. The third-order valence-corrected chi connectivity index (χ3v) is 11.9. The largest absolute Gasteiger partial charge is 0.462 e. The van der Waals surface area contributed by atoms with Crippen LogP contribution in [0.3, 0.4) is 0 Å². The van der Waals surface area contributed by atoms with Crippen molar-refractivity contribution in [1.82, 2.24) is 0 Å². The zero-order valence-electron chi connectivity index (χ0n) is 38.8. The van der Waals surface area contributed by atoms with Gasteiger partial charge in [-0.1, -0.05) is 246 Å². The van der Waals surface area contributed by atoms with Gasteiger partial charge in [-0.3, -0.25) is 14.4 Å². The van der Waals surface area contributed by atoms with Crippen LogP contribution in [0.5, 0.6) is 0 Å². The molecule has 0 radical (unpaired) electrons. The van der Waals surface area contributed by atoms with Gasteiger partial charge in [-0.15, -0.1) is 0 Å². The van der Waals surface area contributed by atoms with Crippen LogP contribution in [0.1, 0.15) is 285 Å². The van der Waals surface area contributed by atoms with Crippen LogP contribution < -0.4 is 0 Å². The Morgan fingerprint density at radius 3 is 0.912 bits per heavy atom. The highest BCUT2D eigenvalue weighted by Gasteiger charge is 2.19. The molecule has 2 atom stereocenters. The molecule has 0 aromatic rings. The fourth-order valence-electron chi connectivity index (χ4n) is 7.66. The van der Waals surface area contributed by atoms with E-state index in [-0.39, 0.29) is 31.1 Å². The smallest absolute Gasteiger partial charge is 0.306 e. The molecule has 6 heteroatoms. The molecule has 0 aromatic carbocycles. The number of hydrogen-bond donors (Lipinski definition) is 0. The second-order valence-electron chi connectivity index (χ2n) is 17.7. The highest BCUT2D eigenvalue weighted by Crippen LogP contribution is 2.18. The maximum absolute atomic E-state index is 12.6. The summed E-state index contributed by atoms with van der Waals surface area (Å²) in [6, 6.07) is 0. The number of ether oxygens (including phenoxy) is 3. The monoisotopic (exact) mass is 807 g/mol. The van der Waals surface area contributed by atoms with Crippen molar-refractivity contribution >= 4 is 17.9 Å². The summed E-state index contributed by atoms with van der Waals surface area (Å²) in [6.07, 6.45) is 46.9. The van der Waals surface area contributed by atoms with Crippen LogP contribution in [0.4, 0.5) is 0 Å². The summed E-state index contributed by atoms with van der Waals surface area (Å²) in [5, 5.41) is 0. The van der Waals surface area contributed by atoms with E-state index in [0.29, 0.717) is 19.3 Å². The first-order chi connectivity index (χ1) is 27.9. The SMILES string of the molecule is CCCCCCCCCCCCCCCCCCC(=O)OC[C@@H](COC(=O)CCCCCCCCCCCCCCCCC(C)CC)OC(=O)CCCCCCC. The molecule has 0 N–H and O–H groups in total. The molecule has 0 bridgehead atoms. The van der Waals surface area contributed by atoms with Gasteiger partial charge in [0.2, 0.25) is 0 Å². The van der Waals surface area contributed by atoms with E-state index in [1.807, 2.05) is 0 Å². The van der Waals surface area contributed by atoms with Crippen molar-refractivity contribution in [2.24, 2.45) is 5.92 Å². The minimum atomic E-state index is -0.758. The van der Waals surface area contributed by atoms with Gasteiger partial charge < -0.3 is 14.2 Å². The number of unbranched alkanes of at least 4 members (excludes halogenated alkanes) is 32. The lowest BCUT2D eigenvalue weighted by molar-refractivity contribution is -0.167. The van der Waals surface area contributed by atoms with Crippen molar-refractivity contribution in [3.8, 4) is 0 Å². The zero-order valence-corrected chi connectivity index (χ0v) is 38.8. The van der Waals surface area contributed by atoms with Crippen LogP contribution in [0.2, 0.25) is 0 Å². The molecule has 0 aliphatic heterocycles. The van der Waals surface area contributed by atoms with Gasteiger partial charge in [0.1, 0.15) is 13.2 Å². The van der Waals surface area contributed by atoms with E-state index in [1.54, 1.807) is 0 Å². The molecule has 0 aromatic heterocycles. The Morgan fingerprint density at radius 2 is 0.614 bits per heavy atom. The van der Waals surface area contributed by atoms with Gasteiger partial charge in [-0.25, -0.2) is 0 Å². The van der Waals surface area contributed by atoms with Gasteiger partial charge in [0.15, 0.2) is 6.10 Å². The minimum absolute atomic E-state index is 0.0644. The lowest BCUT2D eigenvalue weighted by Crippen LogP contribution is -2.30. The zero-order chi connectivity index (χ0) is 41.7. The summed E-state index contributed by atoms with van der Waals surface area (Å²) < 4.78 is 16.7. The topological polar surface area (TPSA) is 78.9 Å². The minimum Gasteiger partial charge on any atom is -0.462 e. The summed E-state index contributed by atoms with van der Waals surface area (Å²) in [5.74, 6) is 0.0347. The Bertz CT molecular complexity index is 859. The predicted octanol–water partition coefficient (Wildman–Crippen LogP) is 16.3. The van der Waals surface area contributed by atoms with Crippen LogP contribution >= 0.6 is 0 Å². The fourth-order valence-corrected chi connectivity index (χ4v) is 7.66. The van der Waals surface area contributed by atoms with E-state index in [2.05, 4.69) is 27.7 Å². The normalized spacial score (nSPS) is 12.4. The van der Waals surface area contributed by atoms with E-state index in [1.165, 1.54) is 173 Å². The van der Waals surface area contributed by atoms with E-state index in [0.717, 1.165) is 70.1 Å². The lowest BCUT2D eigenvalue weighted by atomic mass is 9.99. The molecule has 6 nitrogen and oxygen atoms in total. The predicted molar refractivity (Wildman–Crippen MR) is 243 cm³/mol. The fraction of sp³-hybridized carbons (Fsp3) is 0.941. The van der Waals surface area contributed by atoms with Crippen molar-refractivity contribution in [1.29, 1.82) is 0 Å². The van der Waals surface area contributed by atoms with Crippen LogP contribution in [0.15, 0.2) is 0 Å². The van der Waals surface area contributed by atoms with Crippen molar-refractivity contribution < 1.29 is 28.6 Å². The maximum Gasteiger partial charge on any atom is 0.306 e. The standard InChI is InChI=1S/C51H98O6/c1-5-8-10-12-13-14-15-16-17-18-22-25-28-31-35-38-42-49(52)55-45-48(57-51(54)44-40-33-11-9-6-2)46-56-50(53)43-39-36-32-29-26-23-20-19-21-24-27-30-34-37-41-47(4)7-3/h47-48H,5-46H2,1-4H3/t47?,48-/m0/s1. The summed E-state index contributed by atoms with van der Waals surface area (Å²) in [7, 11) is 0. The van der Waals surface area contributed by atoms with Gasteiger partial charge in [-0.2, -0.15) is 0 Å². The molecular weight excluding hydrogens is 709 g/mol. The second-order valence-corrected chi connectivity index (χ2v) is 17.7. The summed E-state index contributed by atoms with van der Waals surface area (Å²) >= 11 is 0. The van der Waals surface area contributed by atoms with Gasteiger partial charge in [0, 0.05) is 19.3 Å². The molecule has 0 aliphatic rings. The van der Waals surface area contributed by atoms with Crippen molar-refractivity contribution in [3.05, 3.63) is 0 Å². The van der Waals surface area contributed by atoms with Crippen LogP contribution in [-0.2, 0) is 28.6 Å². The first kappa shape index (κ1) is 55.4. The third-order valence-electron chi connectivity index (χ3n) is 11.9. The van der Waals surface area contributed by atoms with Gasteiger partial charge >= 0.3 is 17.9 Å². The Balaban J connectivity index is 4.06. The number of carbonyl (C=O) groups excluding carboxylic acids is 3. The Morgan fingerprint density at radius 1 is 0.351 bits per heavy atom. The van der Waals surface area contributed by atoms with Gasteiger partial charge in [-0.05, 0) is 25.2 Å². The summed E-state index contributed by atoms with van der Waals surface area (Å²) in [5.41, 5.74) is 0. The molecule has 0 rings (SSSR count). The van der Waals surface area contributed by atoms with Gasteiger partial charge in [0.05, 0.1) is 0 Å². The number of rotatable bonds is 46. The first-order valence-corrected chi connectivity index (χ1v) is 25.4. The number of esters is 3. The lowest BCUT2D eigenvalue weighted by Gasteiger charge is -2.18. The Hall–Kier alpha value is -1.59. The molecule has 338 valence electrons. The molecule has 0 saturated carbocycles. The first-order valence-electron chi connectivity index (χ1n) is 25.4. The molecule has 0 fully saturated rings. The molecule has 0 heterocycles. The molecular formula is C51H98O6. The number of carbonyl (C=O) groups is 3. The highest BCUT2D eigenvalue weighted by molar-refractivity contribution is 5.71. The van der Waals surface area contributed by atoms with Crippen molar-refractivity contribution in [2.45, 2.75) is 291 Å². The molecule has 1 unspecified atom stereocenters. The van der Waals surface area contributed by atoms with Crippen LogP contribution in [-0.4, -0.2) is 37.2 Å². The number of hydrogen-bond acceptors (Lipinski definition) is 6. The highest BCUT2D eigenvalue weighted by atomic mass is 16.6. The van der Waals surface area contributed by atoms with Crippen molar-refractivity contribution in [2.75, 3.05) is 13.2 Å². The molecule has 0 saturated heterocycles. The summed E-state index contributed by atoms with van der Waals surface area (Å²) in [4.78, 5) is 37.6. The van der Waals surface area contributed by atoms with Gasteiger partial charge in [0.25, 0.3) is 0 Å². The third kappa shape index (κ3) is 43.8. The van der Waals surface area contributed by atoms with E-state index in [9.17, 15) is 14.4 Å². The quantitative estimate of drug-likeness (QED) is 0.0346. The van der Waals surface area contributed by atoms with Crippen LogP contribution in [0, 0.1) is 5.92 Å². The molecule has 0 spiro atoms. The van der Waals surface area contributed by atoms with E-state index in [4.69, 9.17) is 14.2 Å². The van der Waals surface area contributed by atoms with Crippen LogP contribution in [0.25, 0.3) is 0 Å². The Kier molecular flexibility index (Phi) is 44.2. The van der Waals surface area contributed by atoms with E-state index < -0.39 is 6.10 Å².